The summed E-state index contributed by atoms with van der Waals surface area (Å²) in [5.74, 6) is 0. The lowest BCUT2D eigenvalue weighted by molar-refractivity contribution is 0.276. The Morgan fingerprint density at radius 3 is 2.61 bits per heavy atom. The van der Waals surface area contributed by atoms with E-state index in [-0.39, 0.29) is 5.04 Å². The first-order valence-corrected chi connectivity index (χ1v) is 9.63. The van der Waals surface area contributed by atoms with E-state index in [0.717, 1.165) is 13.0 Å². The minimum absolute atomic E-state index is 0.279. The molecule has 1 aliphatic rings. The van der Waals surface area contributed by atoms with Crippen LogP contribution in [0, 0.1) is 0 Å². The summed E-state index contributed by atoms with van der Waals surface area (Å²) in [5.41, 5.74) is 4.16. The Balaban J connectivity index is 2.13. The average molecular weight is 260 g/mol. The Morgan fingerprint density at radius 1 is 1.22 bits per heavy atom. The molecular formula is C16H24OSi. The molecule has 0 bridgehead atoms. The van der Waals surface area contributed by atoms with E-state index in [2.05, 4.69) is 64.2 Å². The summed E-state index contributed by atoms with van der Waals surface area (Å²) in [4.78, 5) is 0. The van der Waals surface area contributed by atoms with Crippen molar-refractivity contribution in [1.82, 2.24) is 0 Å². The molecule has 0 saturated heterocycles. The van der Waals surface area contributed by atoms with Crippen LogP contribution in [0.4, 0.5) is 0 Å². The fourth-order valence-corrected chi connectivity index (χ4v) is 2.91. The Hall–Kier alpha value is -0.863. The van der Waals surface area contributed by atoms with Gasteiger partial charge in [0.05, 0.1) is 6.61 Å². The highest BCUT2D eigenvalue weighted by molar-refractivity contribution is 6.74. The van der Waals surface area contributed by atoms with E-state index < -0.39 is 8.32 Å². The normalized spacial score (nSPS) is 14.9. The summed E-state index contributed by atoms with van der Waals surface area (Å²) < 4.78 is 6.31. The second-order valence-corrected chi connectivity index (χ2v) is 11.5. The minimum atomic E-state index is -1.64. The Bertz CT molecular complexity index is 466. The van der Waals surface area contributed by atoms with Gasteiger partial charge in [0, 0.05) is 0 Å². The van der Waals surface area contributed by atoms with Crippen molar-refractivity contribution in [2.45, 2.75) is 51.9 Å². The summed E-state index contributed by atoms with van der Waals surface area (Å²) in [7, 11) is -1.64. The second kappa shape index (κ2) is 4.67. The molecule has 1 aromatic carbocycles. The molecule has 2 heteroatoms. The van der Waals surface area contributed by atoms with Crippen molar-refractivity contribution in [2.24, 2.45) is 0 Å². The van der Waals surface area contributed by atoms with Gasteiger partial charge in [-0.2, -0.15) is 0 Å². The van der Waals surface area contributed by atoms with E-state index in [4.69, 9.17) is 4.43 Å². The Labute approximate surface area is 112 Å². The van der Waals surface area contributed by atoms with Crippen LogP contribution in [0.2, 0.25) is 18.1 Å². The van der Waals surface area contributed by atoms with Gasteiger partial charge in [-0.15, -0.1) is 0 Å². The standard InChI is InChI=1S/C16H24OSi/c1-16(2,3)18(4,5)17-12-14-10-6-8-13-9-7-11-15(13)14/h6-8,10-11H,9,12H2,1-5H3. The van der Waals surface area contributed by atoms with Crippen LogP contribution in [0.1, 0.15) is 37.5 Å². The quantitative estimate of drug-likeness (QED) is 0.711. The molecule has 0 aromatic heterocycles. The SMILES string of the molecule is CC(C)(C)[Si](C)(C)OCc1cccc2c1C=CC2. The van der Waals surface area contributed by atoms with Gasteiger partial charge in [-0.3, -0.25) is 0 Å². The smallest absolute Gasteiger partial charge is 0.192 e. The largest absolute Gasteiger partial charge is 0.413 e. The maximum Gasteiger partial charge on any atom is 0.192 e. The molecule has 0 atom stereocenters. The van der Waals surface area contributed by atoms with E-state index >= 15 is 0 Å². The van der Waals surface area contributed by atoms with Gasteiger partial charge in [-0.25, -0.2) is 0 Å². The van der Waals surface area contributed by atoms with Crippen LogP contribution in [-0.4, -0.2) is 8.32 Å². The first kappa shape index (κ1) is 13.6. The molecule has 0 aliphatic heterocycles. The fraction of sp³-hybridized carbons (Fsp3) is 0.500. The Morgan fingerprint density at radius 2 is 1.94 bits per heavy atom. The predicted molar refractivity (Wildman–Crippen MR) is 81.2 cm³/mol. The van der Waals surface area contributed by atoms with Crippen molar-refractivity contribution in [3.8, 4) is 0 Å². The highest BCUT2D eigenvalue weighted by Gasteiger charge is 2.37. The van der Waals surface area contributed by atoms with Crippen LogP contribution in [0.3, 0.4) is 0 Å². The van der Waals surface area contributed by atoms with Crippen molar-refractivity contribution < 1.29 is 4.43 Å². The van der Waals surface area contributed by atoms with Gasteiger partial charge in [-0.1, -0.05) is 51.1 Å². The van der Waals surface area contributed by atoms with Crippen LogP contribution in [0.25, 0.3) is 6.08 Å². The lowest BCUT2D eigenvalue weighted by atomic mass is 10.0. The summed E-state index contributed by atoms with van der Waals surface area (Å²) in [6.45, 7) is 12.2. The number of hydrogen-bond acceptors (Lipinski definition) is 1. The summed E-state index contributed by atoms with van der Waals surface area (Å²) >= 11 is 0. The molecule has 0 amide bonds. The molecule has 0 saturated carbocycles. The van der Waals surface area contributed by atoms with Crippen molar-refractivity contribution >= 4 is 14.4 Å². The van der Waals surface area contributed by atoms with Crippen LogP contribution in [-0.2, 0) is 17.5 Å². The molecule has 18 heavy (non-hydrogen) atoms. The third-order valence-electron chi connectivity index (χ3n) is 4.30. The van der Waals surface area contributed by atoms with Gasteiger partial charge in [-0.05, 0) is 41.2 Å². The molecule has 0 fully saturated rings. The van der Waals surface area contributed by atoms with Crippen molar-refractivity contribution in [3.63, 3.8) is 0 Å². The third-order valence-corrected chi connectivity index (χ3v) is 8.78. The van der Waals surface area contributed by atoms with Crippen molar-refractivity contribution in [1.29, 1.82) is 0 Å². The van der Waals surface area contributed by atoms with E-state index in [9.17, 15) is 0 Å². The van der Waals surface area contributed by atoms with Gasteiger partial charge in [0.1, 0.15) is 0 Å². The maximum absolute atomic E-state index is 6.31. The zero-order valence-corrected chi connectivity index (χ0v) is 13.2. The molecule has 0 spiro atoms. The van der Waals surface area contributed by atoms with Crippen molar-refractivity contribution in [3.05, 3.63) is 41.0 Å². The van der Waals surface area contributed by atoms with Crippen LogP contribution >= 0.6 is 0 Å². The molecule has 2 rings (SSSR count). The lowest BCUT2D eigenvalue weighted by Crippen LogP contribution is -2.40. The van der Waals surface area contributed by atoms with Crippen LogP contribution < -0.4 is 0 Å². The van der Waals surface area contributed by atoms with Gasteiger partial charge in [0.2, 0.25) is 0 Å². The molecular weight excluding hydrogens is 236 g/mol. The topological polar surface area (TPSA) is 9.23 Å². The molecule has 0 N–H and O–H groups in total. The molecule has 1 aromatic rings. The molecule has 1 aliphatic carbocycles. The molecule has 0 unspecified atom stereocenters. The number of allylic oxidation sites excluding steroid dienone is 1. The van der Waals surface area contributed by atoms with E-state index in [1.165, 1.54) is 16.7 Å². The zero-order chi connectivity index (χ0) is 13.4. The lowest BCUT2D eigenvalue weighted by Gasteiger charge is -2.36. The first-order valence-electron chi connectivity index (χ1n) is 6.72. The zero-order valence-electron chi connectivity index (χ0n) is 12.2. The number of rotatable bonds is 3. The van der Waals surface area contributed by atoms with Gasteiger partial charge < -0.3 is 4.43 Å². The summed E-state index contributed by atoms with van der Waals surface area (Å²) in [5, 5.41) is 0.279. The monoisotopic (exact) mass is 260 g/mol. The van der Waals surface area contributed by atoms with E-state index in [0.29, 0.717) is 0 Å². The molecule has 0 heterocycles. The summed E-state index contributed by atoms with van der Waals surface area (Å²) in [6, 6.07) is 6.56. The Kier molecular flexibility index (Phi) is 3.52. The molecule has 1 nitrogen and oxygen atoms in total. The maximum atomic E-state index is 6.31. The third kappa shape index (κ3) is 2.60. The van der Waals surface area contributed by atoms with Crippen molar-refractivity contribution in [2.75, 3.05) is 0 Å². The van der Waals surface area contributed by atoms with Gasteiger partial charge in [0.15, 0.2) is 8.32 Å². The van der Waals surface area contributed by atoms with Crippen LogP contribution in [0.5, 0.6) is 0 Å². The fourth-order valence-electron chi connectivity index (χ4n) is 1.96. The van der Waals surface area contributed by atoms with Gasteiger partial charge in [0.25, 0.3) is 0 Å². The number of hydrogen-bond donors (Lipinski definition) is 0. The molecule has 0 radical (unpaired) electrons. The van der Waals surface area contributed by atoms with Crippen LogP contribution in [0.15, 0.2) is 24.3 Å². The number of fused-ring (bicyclic) bond motifs is 1. The molecule has 98 valence electrons. The first-order chi connectivity index (χ1) is 8.31. The summed E-state index contributed by atoms with van der Waals surface area (Å²) in [6.07, 6.45) is 5.55. The average Bonchev–Trinajstić information content (AvgIpc) is 2.73. The number of benzene rings is 1. The second-order valence-electron chi connectivity index (χ2n) is 6.65. The highest BCUT2D eigenvalue weighted by Crippen LogP contribution is 2.37. The van der Waals surface area contributed by atoms with E-state index in [1.54, 1.807) is 0 Å². The highest BCUT2D eigenvalue weighted by atomic mass is 28.4. The van der Waals surface area contributed by atoms with E-state index in [1.807, 2.05) is 0 Å². The van der Waals surface area contributed by atoms with Gasteiger partial charge >= 0.3 is 0 Å². The minimum Gasteiger partial charge on any atom is -0.413 e. The predicted octanol–water partition coefficient (Wildman–Crippen LogP) is 4.78.